The van der Waals surface area contributed by atoms with E-state index in [0.717, 1.165) is 16.9 Å². The average molecular weight is 415 g/mol. The van der Waals surface area contributed by atoms with Gasteiger partial charge in [0, 0.05) is 6.54 Å². The molecule has 1 saturated heterocycles. The minimum atomic E-state index is -0.914. The van der Waals surface area contributed by atoms with Gasteiger partial charge in [0.15, 0.2) is 0 Å². The second-order valence-electron chi connectivity index (χ2n) is 9.22. The summed E-state index contributed by atoms with van der Waals surface area (Å²) in [7, 11) is 1.31. The lowest BCUT2D eigenvalue weighted by Gasteiger charge is -2.43. The standard InChI is InChI=1S/C22H29N3O5/c1-14-9-21(2,3)13-22(10-14)19(28)25(20(29)24-22)12-17(26)23-11-15-5-7-16(8-6-15)18(27)30-4/h5-8,14H,9-13H2,1-4H3,(H,23,26)(H,24,29)/t14-,22+/m1/s1. The zero-order valence-electron chi connectivity index (χ0n) is 17.9. The van der Waals surface area contributed by atoms with Crippen LogP contribution in [0.15, 0.2) is 24.3 Å². The molecule has 1 aromatic rings. The molecule has 0 unspecified atom stereocenters. The van der Waals surface area contributed by atoms with E-state index in [1.54, 1.807) is 24.3 Å². The first-order chi connectivity index (χ1) is 14.0. The zero-order valence-corrected chi connectivity index (χ0v) is 17.9. The fourth-order valence-electron chi connectivity index (χ4n) is 4.93. The molecule has 2 fully saturated rings. The molecule has 1 heterocycles. The van der Waals surface area contributed by atoms with Crippen LogP contribution in [0.5, 0.6) is 0 Å². The highest BCUT2D eigenvalue weighted by Crippen LogP contribution is 2.46. The summed E-state index contributed by atoms with van der Waals surface area (Å²) in [5, 5.41) is 5.59. The van der Waals surface area contributed by atoms with Gasteiger partial charge >= 0.3 is 12.0 Å². The van der Waals surface area contributed by atoms with Gasteiger partial charge < -0.3 is 15.4 Å². The van der Waals surface area contributed by atoms with Gasteiger partial charge in [0.05, 0.1) is 12.7 Å². The van der Waals surface area contributed by atoms with Gasteiger partial charge in [-0.05, 0) is 48.3 Å². The molecule has 0 aromatic heterocycles. The normalized spacial score (nSPS) is 25.2. The van der Waals surface area contributed by atoms with Crippen molar-refractivity contribution in [3.05, 3.63) is 35.4 Å². The van der Waals surface area contributed by atoms with Crippen LogP contribution < -0.4 is 10.6 Å². The summed E-state index contributed by atoms with van der Waals surface area (Å²) in [4.78, 5) is 50.4. The summed E-state index contributed by atoms with van der Waals surface area (Å²) in [6.45, 7) is 6.19. The molecule has 1 saturated carbocycles. The summed E-state index contributed by atoms with van der Waals surface area (Å²) in [6, 6.07) is 6.13. The maximum absolute atomic E-state index is 13.1. The summed E-state index contributed by atoms with van der Waals surface area (Å²) in [6.07, 6.45) is 2.15. The number of nitrogens with one attached hydrogen (secondary N) is 2. The number of nitrogens with zero attached hydrogens (tertiary/aromatic N) is 1. The number of esters is 1. The van der Waals surface area contributed by atoms with Crippen molar-refractivity contribution in [3.8, 4) is 0 Å². The predicted octanol–water partition coefficient (Wildman–Crippen LogP) is 2.23. The molecule has 4 amide bonds. The molecular formula is C22H29N3O5. The van der Waals surface area contributed by atoms with E-state index in [2.05, 4.69) is 36.1 Å². The minimum Gasteiger partial charge on any atom is -0.465 e. The van der Waals surface area contributed by atoms with Crippen LogP contribution in [0.4, 0.5) is 4.79 Å². The number of methoxy groups -OCH3 is 1. The number of benzene rings is 1. The van der Waals surface area contributed by atoms with Crippen LogP contribution in [0.3, 0.4) is 0 Å². The minimum absolute atomic E-state index is 0.0603. The second-order valence-corrected chi connectivity index (χ2v) is 9.22. The Morgan fingerprint density at radius 1 is 1.20 bits per heavy atom. The molecule has 2 N–H and O–H groups in total. The Morgan fingerprint density at radius 2 is 1.87 bits per heavy atom. The molecule has 0 radical (unpaired) electrons. The number of carbonyl (C=O) groups is 4. The van der Waals surface area contributed by atoms with Crippen molar-refractivity contribution >= 4 is 23.8 Å². The first kappa shape index (κ1) is 21.8. The third kappa shape index (κ3) is 4.47. The number of carbonyl (C=O) groups excluding carboxylic acids is 4. The van der Waals surface area contributed by atoms with Crippen LogP contribution in [0.1, 0.15) is 56.0 Å². The SMILES string of the molecule is COC(=O)c1ccc(CNC(=O)CN2C(=O)N[C@]3(C[C@H](C)CC(C)(C)C3)C2=O)cc1. The molecule has 2 aliphatic rings. The van der Waals surface area contributed by atoms with E-state index < -0.39 is 23.4 Å². The Hall–Kier alpha value is -2.90. The number of hydrogen-bond acceptors (Lipinski definition) is 5. The van der Waals surface area contributed by atoms with E-state index in [0.29, 0.717) is 24.3 Å². The topological polar surface area (TPSA) is 105 Å². The zero-order chi connectivity index (χ0) is 22.1. The lowest BCUT2D eigenvalue weighted by molar-refractivity contribution is -0.137. The number of amides is 4. The van der Waals surface area contributed by atoms with Crippen molar-refractivity contribution < 1.29 is 23.9 Å². The first-order valence-electron chi connectivity index (χ1n) is 10.1. The molecule has 1 aromatic carbocycles. The van der Waals surface area contributed by atoms with E-state index in [1.807, 2.05) is 0 Å². The number of imide groups is 1. The number of rotatable bonds is 5. The summed E-state index contributed by atoms with van der Waals surface area (Å²) >= 11 is 0. The Morgan fingerprint density at radius 3 is 2.47 bits per heavy atom. The van der Waals surface area contributed by atoms with Crippen molar-refractivity contribution in [1.29, 1.82) is 0 Å². The monoisotopic (exact) mass is 415 g/mol. The van der Waals surface area contributed by atoms with E-state index in [4.69, 9.17) is 0 Å². The highest BCUT2D eigenvalue weighted by Gasteiger charge is 2.56. The molecule has 30 heavy (non-hydrogen) atoms. The second kappa shape index (κ2) is 8.08. The molecule has 162 valence electrons. The van der Waals surface area contributed by atoms with Crippen molar-refractivity contribution in [1.82, 2.24) is 15.5 Å². The Labute approximate surface area is 176 Å². The smallest absolute Gasteiger partial charge is 0.337 e. The highest BCUT2D eigenvalue weighted by atomic mass is 16.5. The molecule has 1 aliphatic heterocycles. The molecule has 1 aliphatic carbocycles. The fourth-order valence-corrected chi connectivity index (χ4v) is 4.93. The van der Waals surface area contributed by atoms with Gasteiger partial charge in [-0.15, -0.1) is 0 Å². The maximum atomic E-state index is 13.1. The maximum Gasteiger partial charge on any atom is 0.337 e. The van der Waals surface area contributed by atoms with E-state index in [1.165, 1.54) is 7.11 Å². The lowest BCUT2D eigenvalue weighted by atomic mass is 9.64. The van der Waals surface area contributed by atoms with Crippen molar-refractivity contribution in [2.24, 2.45) is 11.3 Å². The third-order valence-corrected chi connectivity index (χ3v) is 5.79. The van der Waals surface area contributed by atoms with Crippen LogP contribution in [0, 0.1) is 11.3 Å². The molecule has 2 atom stereocenters. The van der Waals surface area contributed by atoms with Crippen LogP contribution in [0.2, 0.25) is 0 Å². The number of ether oxygens (including phenoxy) is 1. The molecule has 8 nitrogen and oxygen atoms in total. The number of urea groups is 1. The largest absolute Gasteiger partial charge is 0.465 e. The molecular weight excluding hydrogens is 386 g/mol. The van der Waals surface area contributed by atoms with Crippen LogP contribution in [-0.2, 0) is 20.9 Å². The van der Waals surface area contributed by atoms with E-state index >= 15 is 0 Å². The van der Waals surface area contributed by atoms with Crippen LogP contribution in [-0.4, -0.2) is 47.9 Å². The van der Waals surface area contributed by atoms with Crippen molar-refractivity contribution in [2.45, 2.75) is 52.1 Å². The van der Waals surface area contributed by atoms with Gasteiger partial charge in [-0.3, -0.25) is 14.5 Å². The first-order valence-corrected chi connectivity index (χ1v) is 10.1. The van der Waals surface area contributed by atoms with Gasteiger partial charge in [0.1, 0.15) is 12.1 Å². The third-order valence-electron chi connectivity index (χ3n) is 5.79. The van der Waals surface area contributed by atoms with Gasteiger partial charge in [0.25, 0.3) is 5.91 Å². The summed E-state index contributed by atoms with van der Waals surface area (Å²) < 4.78 is 4.65. The molecule has 0 bridgehead atoms. The predicted molar refractivity (Wildman–Crippen MR) is 109 cm³/mol. The Bertz CT molecular complexity index is 864. The quantitative estimate of drug-likeness (QED) is 0.567. The lowest BCUT2D eigenvalue weighted by Crippen LogP contribution is -2.54. The van der Waals surface area contributed by atoms with Gasteiger partial charge in [0.2, 0.25) is 5.91 Å². The number of hydrogen-bond donors (Lipinski definition) is 2. The Balaban J connectivity index is 1.59. The van der Waals surface area contributed by atoms with Gasteiger partial charge in [-0.25, -0.2) is 9.59 Å². The molecule has 8 heteroatoms. The van der Waals surface area contributed by atoms with Crippen LogP contribution >= 0.6 is 0 Å². The van der Waals surface area contributed by atoms with Crippen molar-refractivity contribution in [3.63, 3.8) is 0 Å². The van der Waals surface area contributed by atoms with Crippen LogP contribution in [0.25, 0.3) is 0 Å². The van der Waals surface area contributed by atoms with Gasteiger partial charge in [-0.1, -0.05) is 32.9 Å². The Kier molecular flexibility index (Phi) is 5.87. The molecule has 3 rings (SSSR count). The van der Waals surface area contributed by atoms with Crippen molar-refractivity contribution in [2.75, 3.05) is 13.7 Å². The molecule has 1 spiro atoms. The average Bonchev–Trinajstić information content (AvgIpc) is 2.87. The van der Waals surface area contributed by atoms with Gasteiger partial charge in [-0.2, -0.15) is 0 Å². The highest BCUT2D eigenvalue weighted by molar-refractivity contribution is 6.09. The van der Waals surface area contributed by atoms with E-state index in [9.17, 15) is 19.2 Å². The van der Waals surface area contributed by atoms with E-state index in [-0.39, 0.29) is 24.4 Å². The fraction of sp³-hybridized carbons (Fsp3) is 0.545. The summed E-state index contributed by atoms with van der Waals surface area (Å²) in [5.41, 5.74) is 0.228. The summed E-state index contributed by atoms with van der Waals surface area (Å²) in [5.74, 6) is -0.863.